The number of benzene rings is 2. The van der Waals surface area contributed by atoms with Crippen LogP contribution in [0.2, 0.25) is 10.0 Å². The minimum atomic E-state index is -4.35. The molecular formula is C20H18Cl2N6O5S4. The summed E-state index contributed by atoms with van der Waals surface area (Å²) in [5.41, 5.74) is 0.642. The van der Waals surface area contributed by atoms with Gasteiger partial charge in [0.2, 0.25) is 15.4 Å². The summed E-state index contributed by atoms with van der Waals surface area (Å²) < 4.78 is 56.7. The predicted molar refractivity (Wildman–Crippen MR) is 143 cm³/mol. The number of hydrogen-bond donors (Lipinski definition) is 2. The Labute approximate surface area is 230 Å². The van der Waals surface area contributed by atoms with Gasteiger partial charge in [-0.2, -0.15) is 4.31 Å². The van der Waals surface area contributed by atoms with E-state index >= 15 is 0 Å². The third-order valence-corrected chi connectivity index (χ3v) is 11.3. The van der Waals surface area contributed by atoms with Gasteiger partial charge in [-0.1, -0.05) is 58.0 Å². The number of aliphatic hydroxyl groups excluding tert-OH is 1. The van der Waals surface area contributed by atoms with Crippen molar-refractivity contribution in [1.82, 2.24) is 20.4 Å². The number of aliphatic hydroxyl groups is 1. The molecule has 196 valence electrons. The monoisotopic (exact) mass is 620 g/mol. The molecule has 0 saturated carbocycles. The molecule has 2 N–H and O–H groups in total. The van der Waals surface area contributed by atoms with E-state index in [2.05, 4.69) is 25.1 Å². The van der Waals surface area contributed by atoms with E-state index in [1.807, 2.05) is 0 Å². The molecule has 0 aliphatic heterocycles. The van der Waals surface area contributed by atoms with Gasteiger partial charge in [0.25, 0.3) is 20.0 Å². The van der Waals surface area contributed by atoms with Crippen molar-refractivity contribution in [2.45, 2.75) is 30.1 Å². The van der Waals surface area contributed by atoms with Crippen molar-refractivity contribution in [3.05, 3.63) is 62.6 Å². The van der Waals surface area contributed by atoms with Crippen molar-refractivity contribution in [1.29, 1.82) is 0 Å². The lowest BCUT2D eigenvalue weighted by molar-refractivity contribution is 0.299. The third kappa shape index (κ3) is 5.57. The Hall–Kier alpha value is -2.40. The number of nitrogens with one attached hydrogen (secondary N) is 1. The first-order valence-electron chi connectivity index (χ1n) is 10.3. The highest BCUT2D eigenvalue weighted by atomic mass is 35.5. The molecule has 0 spiro atoms. The zero-order valence-corrected chi connectivity index (χ0v) is 23.9. The average molecular weight is 622 g/mol. The molecule has 2 aromatic heterocycles. The fraction of sp³-hybridized carbons (Fsp3) is 0.200. The molecule has 0 radical (unpaired) electrons. The van der Waals surface area contributed by atoms with Gasteiger partial charge in [0.1, 0.15) is 5.01 Å². The first-order chi connectivity index (χ1) is 17.5. The minimum absolute atomic E-state index is 0.0615. The zero-order chi connectivity index (χ0) is 27.0. The Morgan fingerprint density at radius 2 is 1.43 bits per heavy atom. The number of nitrogens with zero attached hydrogens (tertiary/aromatic N) is 5. The SMILES string of the molecule is Cc1c(Cl)cccc1S(=O)(=O)Nc1nnc(N(c2nnc(CCO)s2)S(=O)(=O)c2cccc(Cl)c2C)s1. The van der Waals surface area contributed by atoms with Crippen LogP contribution in [0.4, 0.5) is 15.4 Å². The van der Waals surface area contributed by atoms with Crippen LogP contribution in [-0.2, 0) is 26.5 Å². The quantitative estimate of drug-likeness (QED) is 0.280. The smallest absolute Gasteiger partial charge is 0.272 e. The number of rotatable bonds is 9. The highest BCUT2D eigenvalue weighted by Gasteiger charge is 2.34. The summed E-state index contributed by atoms with van der Waals surface area (Å²) in [5.74, 6) is 0. The molecule has 0 aliphatic rings. The van der Waals surface area contributed by atoms with Gasteiger partial charge in [-0.05, 0) is 49.2 Å². The van der Waals surface area contributed by atoms with Crippen molar-refractivity contribution in [3.63, 3.8) is 0 Å². The maximum atomic E-state index is 13.8. The molecule has 4 rings (SSSR count). The average Bonchev–Trinajstić information content (AvgIpc) is 3.47. The highest BCUT2D eigenvalue weighted by Crippen LogP contribution is 2.39. The first-order valence-corrected chi connectivity index (χ1v) is 15.6. The van der Waals surface area contributed by atoms with Crippen LogP contribution >= 0.6 is 45.9 Å². The highest BCUT2D eigenvalue weighted by molar-refractivity contribution is 7.94. The second kappa shape index (κ2) is 10.8. The van der Waals surface area contributed by atoms with E-state index in [9.17, 15) is 21.9 Å². The third-order valence-electron chi connectivity index (χ3n) is 5.01. The Kier molecular flexibility index (Phi) is 8.04. The van der Waals surface area contributed by atoms with E-state index in [-0.39, 0.29) is 48.3 Å². The lowest BCUT2D eigenvalue weighted by Crippen LogP contribution is -2.27. The second-order valence-corrected chi connectivity index (χ2v) is 13.7. The molecule has 2 heterocycles. The van der Waals surface area contributed by atoms with Crippen molar-refractivity contribution in [2.24, 2.45) is 0 Å². The molecule has 4 aromatic rings. The van der Waals surface area contributed by atoms with E-state index < -0.39 is 20.0 Å². The Bertz CT molecular complexity index is 1670. The van der Waals surface area contributed by atoms with Crippen LogP contribution in [0.3, 0.4) is 0 Å². The summed E-state index contributed by atoms with van der Waals surface area (Å²) in [6.45, 7) is 2.91. The first kappa shape index (κ1) is 27.6. The molecule has 0 atom stereocenters. The fourth-order valence-electron chi connectivity index (χ4n) is 3.16. The maximum Gasteiger partial charge on any atom is 0.272 e. The van der Waals surface area contributed by atoms with Gasteiger partial charge < -0.3 is 5.11 Å². The molecular weight excluding hydrogens is 603 g/mol. The Balaban J connectivity index is 1.78. The molecule has 0 unspecified atom stereocenters. The van der Waals surface area contributed by atoms with Crippen LogP contribution in [-0.4, -0.2) is 48.9 Å². The molecule has 0 fully saturated rings. The number of anilines is 3. The summed E-state index contributed by atoms with van der Waals surface area (Å²) in [5, 5.41) is 25.4. The van der Waals surface area contributed by atoms with Crippen molar-refractivity contribution < 1.29 is 21.9 Å². The second-order valence-electron chi connectivity index (χ2n) is 7.44. The maximum absolute atomic E-state index is 13.8. The van der Waals surface area contributed by atoms with Crippen molar-refractivity contribution >= 4 is 81.3 Å². The number of aromatic nitrogens is 4. The predicted octanol–water partition coefficient (Wildman–Crippen LogP) is 4.18. The summed E-state index contributed by atoms with van der Waals surface area (Å²) in [4.78, 5) is -0.167. The summed E-state index contributed by atoms with van der Waals surface area (Å²) in [6, 6.07) is 8.87. The summed E-state index contributed by atoms with van der Waals surface area (Å²) >= 11 is 13.8. The van der Waals surface area contributed by atoms with E-state index in [1.165, 1.54) is 24.3 Å². The van der Waals surface area contributed by atoms with Crippen molar-refractivity contribution in [3.8, 4) is 0 Å². The summed E-state index contributed by atoms with van der Waals surface area (Å²) in [6.07, 6.45) is 0.169. The van der Waals surface area contributed by atoms with Crippen LogP contribution in [0.1, 0.15) is 16.1 Å². The molecule has 0 saturated heterocycles. The van der Waals surface area contributed by atoms with Gasteiger partial charge in [0.05, 0.1) is 9.79 Å². The van der Waals surface area contributed by atoms with Gasteiger partial charge in [-0.25, -0.2) is 16.8 Å². The normalized spacial score (nSPS) is 12.0. The van der Waals surface area contributed by atoms with Gasteiger partial charge in [-0.15, -0.1) is 20.4 Å². The number of halogens is 2. The van der Waals surface area contributed by atoms with Gasteiger partial charge in [0.15, 0.2) is 0 Å². The minimum Gasteiger partial charge on any atom is -0.396 e. The van der Waals surface area contributed by atoms with Crippen LogP contribution in [0, 0.1) is 13.8 Å². The lowest BCUT2D eigenvalue weighted by atomic mass is 10.2. The van der Waals surface area contributed by atoms with Crippen LogP contribution in [0.5, 0.6) is 0 Å². The molecule has 37 heavy (non-hydrogen) atoms. The zero-order valence-electron chi connectivity index (χ0n) is 19.1. The Morgan fingerprint density at radius 1 is 0.865 bits per heavy atom. The molecule has 17 heteroatoms. The molecule has 0 amide bonds. The largest absolute Gasteiger partial charge is 0.396 e. The number of sulfonamides is 2. The molecule has 11 nitrogen and oxygen atoms in total. The lowest BCUT2D eigenvalue weighted by Gasteiger charge is -2.19. The van der Waals surface area contributed by atoms with E-state index in [4.69, 9.17) is 23.2 Å². The van der Waals surface area contributed by atoms with Crippen LogP contribution < -0.4 is 9.03 Å². The van der Waals surface area contributed by atoms with Gasteiger partial charge in [-0.3, -0.25) is 4.72 Å². The number of hydrogen-bond acceptors (Lipinski definition) is 11. The molecule has 0 aliphatic carbocycles. The van der Waals surface area contributed by atoms with Crippen LogP contribution in [0.25, 0.3) is 0 Å². The summed E-state index contributed by atoms with van der Waals surface area (Å²) in [7, 11) is -8.46. The van der Waals surface area contributed by atoms with Gasteiger partial charge >= 0.3 is 0 Å². The van der Waals surface area contributed by atoms with E-state index in [1.54, 1.807) is 26.0 Å². The van der Waals surface area contributed by atoms with E-state index in [0.717, 1.165) is 15.6 Å². The molecule has 2 aromatic carbocycles. The Morgan fingerprint density at radius 3 is 2.08 bits per heavy atom. The molecule has 0 bridgehead atoms. The topological polar surface area (TPSA) is 155 Å². The standard InChI is InChI=1S/C20H18Cl2N6O5S4/c1-11-13(21)5-3-7-15(11)36(30,31)27-18-24-26-20(35-18)28(19-25-23-17(34-19)9-10-29)37(32,33)16-8-4-6-14(22)12(16)2/h3-8,29H,9-10H2,1-2H3,(H,24,27). The van der Waals surface area contributed by atoms with Crippen LogP contribution in [0.15, 0.2) is 46.2 Å². The fourth-order valence-corrected chi connectivity index (χ4v) is 8.81. The van der Waals surface area contributed by atoms with Gasteiger partial charge in [0, 0.05) is 23.1 Å². The van der Waals surface area contributed by atoms with E-state index in [0.29, 0.717) is 27.5 Å². The van der Waals surface area contributed by atoms with Crippen molar-refractivity contribution in [2.75, 3.05) is 15.6 Å².